The van der Waals surface area contributed by atoms with Crippen LogP contribution >= 0.6 is 0 Å². The van der Waals surface area contributed by atoms with Gasteiger partial charge in [0.2, 0.25) is 11.8 Å². The lowest BCUT2D eigenvalue weighted by molar-refractivity contribution is -0.922. The van der Waals surface area contributed by atoms with E-state index in [0.717, 1.165) is 63.3 Å². The third kappa shape index (κ3) is 8.62. The van der Waals surface area contributed by atoms with Crippen LogP contribution in [-0.2, 0) is 9.59 Å². The lowest BCUT2D eigenvalue weighted by Gasteiger charge is -2.27. The Morgan fingerprint density at radius 1 is 0.759 bits per heavy atom. The van der Waals surface area contributed by atoms with Gasteiger partial charge < -0.3 is 9.80 Å². The average molecular weight is 409 g/mol. The zero-order valence-corrected chi connectivity index (χ0v) is 18.6. The van der Waals surface area contributed by atoms with Gasteiger partial charge in [0.25, 0.3) is 0 Å². The first-order valence-electron chi connectivity index (χ1n) is 11.2. The summed E-state index contributed by atoms with van der Waals surface area (Å²) >= 11 is 0. The highest BCUT2D eigenvalue weighted by molar-refractivity contribution is 5.87. The van der Waals surface area contributed by atoms with Gasteiger partial charge in [-0.1, -0.05) is 0 Å². The molecule has 0 aromatic heterocycles. The Morgan fingerprint density at radius 2 is 1.10 bits per heavy atom. The van der Waals surface area contributed by atoms with Crippen LogP contribution in [0.25, 0.3) is 0 Å². The molecule has 2 aliphatic rings. The number of nitrogens with one attached hydrogen (secondary N) is 4. The number of carbonyl (C=O) groups excluding carboxylic acids is 2. The van der Waals surface area contributed by atoms with Crippen LogP contribution in [0, 0.1) is 0 Å². The Morgan fingerprint density at radius 3 is 1.41 bits per heavy atom. The lowest BCUT2D eigenvalue weighted by atomic mass is 10.1. The van der Waals surface area contributed by atoms with E-state index < -0.39 is 0 Å². The van der Waals surface area contributed by atoms with Crippen molar-refractivity contribution in [2.24, 2.45) is 10.2 Å². The molecule has 0 radical (unpaired) electrons. The van der Waals surface area contributed by atoms with E-state index >= 15 is 0 Å². The quantitative estimate of drug-likeness (QED) is 0.399. The second-order valence-corrected chi connectivity index (χ2v) is 8.91. The van der Waals surface area contributed by atoms with Crippen LogP contribution in [0.4, 0.5) is 0 Å². The Bertz CT molecular complexity index is 542. The van der Waals surface area contributed by atoms with Crippen molar-refractivity contribution >= 4 is 23.2 Å². The van der Waals surface area contributed by atoms with Crippen LogP contribution in [0.5, 0.6) is 0 Å². The molecule has 0 bridgehead atoms. The van der Waals surface area contributed by atoms with Gasteiger partial charge in [0.1, 0.15) is 0 Å². The molecule has 8 heteroatoms. The number of piperidine rings is 2. The van der Waals surface area contributed by atoms with E-state index in [4.69, 9.17) is 0 Å². The smallest absolute Gasteiger partial charge is 0.240 e. The molecule has 2 rings (SSSR count). The SMILES string of the molecule is CC(C)[NH+]1CCC(=NNC(=O)CCCC(=O)NN=C2CC[NH+](C(C)C)CC2)CC1. The molecule has 2 amide bonds. The predicted molar refractivity (Wildman–Crippen MR) is 115 cm³/mol. The molecule has 0 saturated carbocycles. The van der Waals surface area contributed by atoms with Gasteiger partial charge >= 0.3 is 0 Å². The number of nitrogens with zero attached hydrogens (tertiary/aromatic N) is 2. The number of likely N-dealkylation sites (tertiary alicyclic amines) is 2. The molecule has 2 saturated heterocycles. The number of carbonyl (C=O) groups is 2. The second-order valence-electron chi connectivity index (χ2n) is 8.91. The molecule has 2 heterocycles. The first-order chi connectivity index (χ1) is 13.8. The summed E-state index contributed by atoms with van der Waals surface area (Å²) in [6.45, 7) is 13.2. The third-order valence-corrected chi connectivity index (χ3v) is 6.06. The van der Waals surface area contributed by atoms with E-state index in [-0.39, 0.29) is 11.8 Å². The van der Waals surface area contributed by atoms with Gasteiger partial charge in [0.15, 0.2) is 0 Å². The summed E-state index contributed by atoms with van der Waals surface area (Å²) in [5, 5.41) is 8.54. The van der Waals surface area contributed by atoms with Crippen molar-refractivity contribution in [2.75, 3.05) is 26.2 Å². The lowest BCUT2D eigenvalue weighted by Crippen LogP contribution is -3.16. The molecule has 0 spiro atoms. The van der Waals surface area contributed by atoms with Crippen LogP contribution in [0.15, 0.2) is 10.2 Å². The van der Waals surface area contributed by atoms with Gasteiger partial charge in [0.05, 0.1) is 38.3 Å². The standard InChI is InChI=1S/C21H38N6O2/c1-16(2)26-12-8-18(9-13-26)22-24-20(28)6-5-7-21(29)25-23-19-10-14-27(15-11-19)17(3)4/h16-17H,5-15H2,1-4H3,(H,24,28)(H,25,29)/p+2. The molecule has 2 aliphatic heterocycles. The summed E-state index contributed by atoms with van der Waals surface area (Å²) in [6, 6.07) is 1.27. The summed E-state index contributed by atoms with van der Waals surface area (Å²) in [4.78, 5) is 27.1. The molecule has 4 N–H and O–H groups in total. The Hall–Kier alpha value is -1.80. The van der Waals surface area contributed by atoms with E-state index in [1.807, 2.05) is 0 Å². The summed E-state index contributed by atoms with van der Waals surface area (Å²) in [7, 11) is 0. The molecule has 29 heavy (non-hydrogen) atoms. The maximum atomic E-state index is 11.9. The second kappa shape index (κ2) is 12.0. The summed E-state index contributed by atoms with van der Waals surface area (Å²) in [5.74, 6) is -0.251. The minimum Gasteiger partial charge on any atom is -0.332 e. The van der Waals surface area contributed by atoms with Crippen LogP contribution in [0.1, 0.15) is 72.6 Å². The fourth-order valence-electron chi connectivity index (χ4n) is 3.90. The van der Waals surface area contributed by atoms with Crippen molar-refractivity contribution in [3.63, 3.8) is 0 Å². The largest absolute Gasteiger partial charge is 0.332 e. The summed E-state index contributed by atoms with van der Waals surface area (Å²) < 4.78 is 0. The van der Waals surface area contributed by atoms with Gasteiger partial charge in [-0.25, -0.2) is 10.9 Å². The Kier molecular flexibility index (Phi) is 9.73. The van der Waals surface area contributed by atoms with Gasteiger partial charge in [-0.2, -0.15) is 10.2 Å². The topological polar surface area (TPSA) is 91.8 Å². The van der Waals surface area contributed by atoms with E-state index in [9.17, 15) is 9.59 Å². The van der Waals surface area contributed by atoms with Gasteiger partial charge in [-0.15, -0.1) is 0 Å². The molecule has 8 nitrogen and oxygen atoms in total. The van der Waals surface area contributed by atoms with Crippen molar-refractivity contribution in [3.05, 3.63) is 0 Å². The van der Waals surface area contributed by atoms with E-state index in [1.54, 1.807) is 9.80 Å². The average Bonchev–Trinajstić information content (AvgIpc) is 2.71. The zero-order valence-electron chi connectivity index (χ0n) is 18.6. The summed E-state index contributed by atoms with van der Waals surface area (Å²) in [6.07, 6.45) is 4.86. The molecule has 0 aliphatic carbocycles. The number of hydrazone groups is 2. The van der Waals surface area contributed by atoms with Crippen molar-refractivity contribution < 1.29 is 19.4 Å². The number of hydrogen-bond acceptors (Lipinski definition) is 4. The monoisotopic (exact) mass is 408 g/mol. The molecule has 0 unspecified atom stereocenters. The Balaban J connectivity index is 1.57. The minimum absolute atomic E-state index is 0.126. The highest BCUT2D eigenvalue weighted by atomic mass is 16.2. The fourth-order valence-corrected chi connectivity index (χ4v) is 3.90. The molecule has 2 fully saturated rings. The molecule has 0 atom stereocenters. The van der Waals surface area contributed by atoms with Crippen LogP contribution in [-0.4, -0.2) is 61.5 Å². The van der Waals surface area contributed by atoms with E-state index in [2.05, 4.69) is 48.7 Å². The Labute approximate surface area is 175 Å². The zero-order chi connectivity index (χ0) is 21.2. The first kappa shape index (κ1) is 23.5. The van der Waals surface area contributed by atoms with Crippen molar-refractivity contribution in [1.29, 1.82) is 0 Å². The molecular weight excluding hydrogens is 368 g/mol. The van der Waals surface area contributed by atoms with Crippen molar-refractivity contribution in [2.45, 2.75) is 84.7 Å². The van der Waals surface area contributed by atoms with Crippen LogP contribution in [0.3, 0.4) is 0 Å². The third-order valence-electron chi connectivity index (χ3n) is 6.06. The molecule has 0 aromatic carbocycles. The predicted octanol–water partition coefficient (Wildman–Crippen LogP) is -0.725. The van der Waals surface area contributed by atoms with E-state index in [0.29, 0.717) is 31.3 Å². The highest BCUT2D eigenvalue weighted by Gasteiger charge is 2.21. The first-order valence-corrected chi connectivity index (χ1v) is 11.2. The number of rotatable bonds is 8. The van der Waals surface area contributed by atoms with Crippen molar-refractivity contribution in [1.82, 2.24) is 10.9 Å². The van der Waals surface area contributed by atoms with E-state index in [1.165, 1.54) is 0 Å². The van der Waals surface area contributed by atoms with Crippen LogP contribution < -0.4 is 20.7 Å². The number of amides is 2. The van der Waals surface area contributed by atoms with Gasteiger partial charge in [0, 0.05) is 49.9 Å². The van der Waals surface area contributed by atoms with Gasteiger partial charge in [-0.05, 0) is 34.1 Å². The summed E-state index contributed by atoms with van der Waals surface area (Å²) in [5.41, 5.74) is 7.43. The maximum absolute atomic E-state index is 11.9. The number of hydrogen-bond donors (Lipinski definition) is 4. The van der Waals surface area contributed by atoms with Crippen LogP contribution in [0.2, 0.25) is 0 Å². The molecule has 0 aromatic rings. The van der Waals surface area contributed by atoms with Crippen molar-refractivity contribution in [3.8, 4) is 0 Å². The number of quaternary nitrogens is 2. The normalized spacial score (nSPS) is 22.6. The molecular formula is C21H40N6O2+2. The molecule has 164 valence electrons. The fraction of sp³-hybridized carbons (Fsp3) is 0.810. The highest BCUT2D eigenvalue weighted by Crippen LogP contribution is 1.99. The van der Waals surface area contributed by atoms with Gasteiger partial charge in [-0.3, -0.25) is 9.59 Å². The maximum Gasteiger partial charge on any atom is 0.240 e. The minimum atomic E-state index is -0.126.